The summed E-state index contributed by atoms with van der Waals surface area (Å²) in [4.78, 5) is 3.75. The van der Waals surface area contributed by atoms with Crippen LogP contribution in [0.1, 0.15) is 39.4 Å². The summed E-state index contributed by atoms with van der Waals surface area (Å²) in [7, 11) is 0. The fourth-order valence-corrected chi connectivity index (χ4v) is 0.805. The fraction of sp³-hybridized carbons (Fsp3) is 0.600. The number of nitrogens with one attached hydrogen (secondary N) is 1. The van der Waals surface area contributed by atoms with E-state index in [9.17, 15) is 0 Å². The lowest BCUT2D eigenvalue weighted by Crippen LogP contribution is -1.70. The van der Waals surface area contributed by atoms with E-state index in [4.69, 9.17) is 0 Å². The Morgan fingerprint density at radius 3 is 2.46 bits per heavy atom. The number of aromatic nitrogens is 3. The molecule has 1 heterocycles. The molecule has 0 aliphatic carbocycles. The van der Waals surface area contributed by atoms with Gasteiger partial charge in [0.1, 0.15) is 12.2 Å². The van der Waals surface area contributed by atoms with Gasteiger partial charge in [0.05, 0.1) is 0 Å². The maximum Gasteiger partial charge on any atom is 0.137 e. The third kappa shape index (κ3) is 7.25. The first-order valence-corrected chi connectivity index (χ1v) is 4.64. The lowest BCUT2D eigenvalue weighted by molar-refractivity contribution is 0.903. The molecule has 1 N–H and O–H groups in total. The van der Waals surface area contributed by atoms with Crippen LogP contribution in [0, 0.1) is 6.92 Å². The first-order valence-electron chi connectivity index (χ1n) is 4.64. The first kappa shape index (κ1) is 11.9. The minimum atomic E-state index is 0.856. The molecule has 0 bridgehead atoms. The Kier molecular flexibility index (Phi) is 6.88. The van der Waals surface area contributed by atoms with Gasteiger partial charge in [-0.15, -0.1) is 0 Å². The van der Waals surface area contributed by atoms with Crippen LogP contribution < -0.4 is 0 Å². The molecule has 3 heteroatoms. The summed E-state index contributed by atoms with van der Waals surface area (Å²) in [5.74, 6) is 0.856. The zero-order valence-corrected chi connectivity index (χ0v) is 8.96. The van der Waals surface area contributed by atoms with E-state index in [1.165, 1.54) is 24.7 Å². The van der Waals surface area contributed by atoms with E-state index in [1.807, 2.05) is 6.92 Å². The standard InChI is InChI=1S/C7H14.C3H5N3/c1-4-6-7(3)5-2;1-3-4-2-5-6-3/h5H,4,6H2,1-3H3;2H,1H3,(H,4,5,6)/b7-5-;. The monoisotopic (exact) mass is 181 g/mol. The second kappa shape index (κ2) is 7.53. The van der Waals surface area contributed by atoms with Crippen molar-refractivity contribution in [2.45, 2.75) is 40.5 Å². The van der Waals surface area contributed by atoms with Crippen molar-refractivity contribution in [3.8, 4) is 0 Å². The lowest BCUT2D eigenvalue weighted by atomic mass is 10.2. The molecule has 1 aromatic heterocycles. The second-order valence-corrected chi connectivity index (χ2v) is 2.96. The zero-order chi connectivity index (χ0) is 10.1. The molecule has 0 saturated carbocycles. The summed E-state index contributed by atoms with van der Waals surface area (Å²) in [6.07, 6.45) is 6.19. The van der Waals surface area contributed by atoms with Crippen LogP contribution in [0.5, 0.6) is 0 Å². The molecule has 3 nitrogen and oxygen atoms in total. The highest BCUT2D eigenvalue weighted by Crippen LogP contribution is 2.00. The molecule has 0 aromatic carbocycles. The van der Waals surface area contributed by atoms with Crippen LogP contribution in [0.4, 0.5) is 0 Å². The average Bonchev–Trinajstić information content (AvgIpc) is 2.57. The number of aromatic amines is 1. The molecule has 1 aromatic rings. The summed E-state index contributed by atoms with van der Waals surface area (Å²) in [5.41, 5.74) is 1.50. The van der Waals surface area contributed by atoms with E-state index < -0.39 is 0 Å². The van der Waals surface area contributed by atoms with Crippen molar-refractivity contribution >= 4 is 0 Å². The zero-order valence-electron chi connectivity index (χ0n) is 8.96. The molecule has 0 aliphatic heterocycles. The van der Waals surface area contributed by atoms with Crippen LogP contribution in [-0.4, -0.2) is 15.2 Å². The van der Waals surface area contributed by atoms with Crippen LogP contribution in [-0.2, 0) is 0 Å². The molecule has 0 fully saturated rings. The van der Waals surface area contributed by atoms with Crippen LogP contribution in [0.25, 0.3) is 0 Å². The molecule has 0 spiro atoms. The maximum absolute atomic E-state index is 3.75. The molecule has 0 amide bonds. The molecule has 0 saturated heterocycles. The van der Waals surface area contributed by atoms with Gasteiger partial charge in [0.25, 0.3) is 0 Å². The van der Waals surface area contributed by atoms with Crippen LogP contribution in [0.15, 0.2) is 18.0 Å². The molecule has 1 rings (SSSR count). The van der Waals surface area contributed by atoms with Gasteiger partial charge >= 0.3 is 0 Å². The van der Waals surface area contributed by atoms with Crippen LogP contribution >= 0.6 is 0 Å². The van der Waals surface area contributed by atoms with Gasteiger partial charge in [0.15, 0.2) is 0 Å². The maximum atomic E-state index is 3.75. The Labute approximate surface area is 80.3 Å². The minimum absolute atomic E-state index is 0.856. The van der Waals surface area contributed by atoms with Crippen molar-refractivity contribution < 1.29 is 0 Å². The average molecular weight is 181 g/mol. The molecule has 0 radical (unpaired) electrons. The molecule has 13 heavy (non-hydrogen) atoms. The summed E-state index contributed by atoms with van der Waals surface area (Å²) < 4.78 is 0. The molecule has 74 valence electrons. The van der Waals surface area contributed by atoms with Gasteiger partial charge in [-0.05, 0) is 27.2 Å². The number of hydrogen-bond acceptors (Lipinski definition) is 2. The third-order valence-corrected chi connectivity index (χ3v) is 1.67. The van der Waals surface area contributed by atoms with Crippen molar-refractivity contribution in [1.82, 2.24) is 15.2 Å². The number of H-pyrrole nitrogens is 1. The SMILES string of the molecule is C/C=C(/C)CCC.Cc1ncn[nH]1. The van der Waals surface area contributed by atoms with Crippen LogP contribution in [0.3, 0.4) is 0 Å². The fourth-order valence-electron chi connectivity index (χ4n) is 0.805. The highest BCUT2D eigenvalue weighted by Gasteiger charge is 1.79. The van der Waals surface area contributed by atoms with Gasteiger partial charge in [-0.25, -0.2) is 4.98 Å². The second-order valence-electron chi connectivity index (χ2n) is 2.96. The topological polar surface area (TPSA) is 41.6 Å². The summed E-state index contributed by atoms with van der Waals surface area (Å²) >= 11 is 0. The van der Waals surface area contributed by atoms with E-state index >= 15 is 0 Å². The molecule has 0 aliphatic rings. The number of allylic oxidation sites excluding steroid dienone is 2. The number of rotatable bonds is 2. The Balaban J connectivity index is 0.000000223. The van der Waals surface area contributed by atoms with Crippen molar-refractivity contribution in [3.05, 3.63) is 23.8 Å². The van der Waals surface area contributed by atoms with Gasteiger partial charge in [-0.2, -0.15) is 5.10 Å². The van der Waals surface area contributed by atoms with Crippen molar-refractivity contribution in [3.63, 3.8) is 0 Å². The van der Waals surface area contributed by atoms with Crippen molar-refractivity contribution in [2.24, 2.45) is 0 Å². The van der Waals surface area contributed by atoms with Crippen LogP contribution in [0.2, 0.25) is 0 Å². The summed E-state index contributed by atoms with van der Waals surface area (Å²) in [5, 5.41) is 6.22. The van der Waals surface area contributed by atoms with E-state index in [1.54, 1.807) is 0 Å². The molecular weight excluding hydrogens is 162 g/mol. The van der Waals surface area contributed by atoms with Gasteiger partial charge in [-0.3, -0.25) is 5.10 Å². The third-order valence-electron chi connectivity index (χ3n) is 1.67. The number of nitrogens with zero attached hydrogens (tertiary/aromatic N) is 2. The minimum Gasteiger partial charge on any atom is -0.264 e. The van der Waals surface area contributed by atoms with Crippen molar-refractivity contribution in [1.29, 1.82) is 0 Å². The highest BCUT2D eigenvalue weighted by molar-refractivity contribution is 4.94. The van der Waals surface area contributed by atoms with E-state index in [0.717, 1.165) is 5.82 Å². The Hall–Kier alpha value is -1.12. The number of hydrogen-bond donors (Lipinski definition) is 1. The Bertz CT molecular complexity index is 224. The van der Waals surface area contributed by atoms with Gasteiger partial charge < -0.3 is 0 Å². The molecule has 0 atom stereocenters. The normalized spacial score (nSPS) is 10.6. The first-order chi connectivity index (χ1) is 6.20. The number of aryl methyl sites for hydroxylation is 1. The lowest BCUT2D eigenvalue weighted by Gasteiger charge is -1.91. The van der Waals surface area contributed by atoms with Gasteiger partial charge in [0, 0.05) is 0 Å². The van der Waals surface area contributed by atoms with Gasteiger partial charge in [0.2, 0.25) is 0 Å². The smallest absolute Gasteiger partial charge is 0.137 e. The summed E-state index contributed by atoms with van der Waals surface area (Å²) in [6.45, 7) is 8.31. The summed E-state index contributed by atoms with van der Waals surface area (Å²) in [6, 6.07) is 0. The van der Waals surface area contributed by atoms with E-state index in [-0.39, 0.29) is 0 Å². The van der Waals surface area contributed by atoms with E-state index in [2.05, 4.69) is 42.0 Å². The predicted octanol–water partition coefficient (Wildman–Crippen LogP) is 2.87. The van der Waals surface area contributed by atoms with Crippen molar-refractivity contribution in [2.75, 3.05) is 0 Å². The predicted molar refractivity (Wildman–Crippen MR) is 55.5 cm³/mol. The quantitative estimate of drug-likeness (QED) is 0.713. The van der Waals surface area contributed by atoms with E-state index in [0.29, 0.717) is 0 Å². The largest absolute Gasteiger partial charge is 0.264 e. The Morgan fingerprint density at radius 1 is 1.62 bits per heavy atom. The highest BCUT2D eigenvalue weighted by atomic mass is 15.2. The molecule has 0 unspecified atom stereocenters. The molecular formula is C10H19N3. The Morgan fingerprint density at radius 2 is 2.31 bits per heavy atom. The van der Waals surface area contributed by atoms with Gasteiger partial charge in [-0.1, -0.05) is 25.0 Å².